The Bertz CT molecular complexity index is 1490. The molecule has 4 aromatic rings. The van der Waals surface area contributed by atoms with Crippen molar-refractivity contribution in [2.75, 3.05) is 22.3 Å². The van der Waals surface area contributed by atoms with Gasteiger partial charge in [0.2, 0.25) is 5.95 Å². The van der Waals surface area contributed by atoms with Gasteiger partial charge in [0.05, 0.1) is 34.8 Å². The predicted octanol–water partition coefficient (Wildman–Crippen LogP) is 3.28. The van der Waals surface area contributed by atoms with Crippen molar-refractivity contribution in [1.29, 1.82) is 0 Å². The average Bonchev–Trinajstić information content (AvgIpc) is 3.22. The number of anilines is 3. The lowest BCUT2D eigenvalue weighted by Crippen LogP contribution is -2.41. The Balaban J connectivity index is 1.59. The molecule has 1 aliphatic heterocycles. The molecule has 3 heterocycles. The van der Waals surface area contributed by atoms with Crippen molar-refractivity contribution in [3.8, 4) is 0 Å². The fourth-order valence-corrected chi connectivity index (χ4v) is 5.95. The van der Waals surface area contributed by atoms with Crippen LogP contribution in [-0.4, -0.2) is 34.7 Å². The van der Waals surface area contributed by atoms with Crippen LogP contribution in [-0.2, 0) is 21.9 Å². The summed E-state index contributed by atoms with van der Waals surface area (Å²) in [5.41, 5.74) is 14.9. The third kappa shape index (κ3) is 3.63. The van der Waals surface area contributed by atoms with Gasteiger partial charge in [-0.1, -0.05) is 51.1 Å². The largest absolute Gasteiger partial charge is 0.383 e. The van der Waals surface area contributed by atoms with E-state index in [0.29, 0.717) is 23.1 Å². The third-order valence-corrected chi connectivity index (χ3v) is 8.04. The van der Waals surface area contributed by atoms with E-state index in [-0.39, 0.29) is 34.7 Å². The lowest BCUT2D eigenvalue weighted by molar-refractivity contribution is 0.456. The summed E-state index contributed by atoms with van der Waals surface area (Å²) in [6.45, 7) is 6.49. The van der Waals surface area contributed by atoms with E-state index in [4.69, 9.17) is 11.5 Å². The van der Waals surface area contributed by atoms with Crippen LogP contribution in [0.1, 0.15) is 37.9 Å². The topological polar surface area (TPSA) is 133 Å². The monoisotopic (exact) mass is 477 g/mol. The maximum atomic E-state index is 13.8. The summed E-state index contributed by atoms with van der Waals surface area (Å²) in [5.74, 6) is 0.291. The van der Waals surface area contributed by atoms with E-state index in [1.807, 2.05) is 36.4 Å². The van der Waals surface area contributed by atoms with Crippen LogP contribution in [0.15, 0.2) is 59.6 Å². The Labute approximate surface area is 198 Å². The summed E-state index contributed by atoms with van der Waals surface area (Å²) in [6.07, 6.45) is 2.18. The molecule has 0 spiro atoms. The molecule has 2 aromatic heterocycles. The number of aromatic nitrogens is 4. The van der Waals surface area contributed by atoms with Crippen LogP contribution in [0.2, 0.25) is 0 Å². The Morgan fingerprint density at radius 2 is 1.71 bits per heavy atom. The Hall–Kier alpha value is -3.66. The van der Waals surface area contributed by atoms with Gasteiger partial charge in [0.25, 0.3) is 10.0 Å². The van der Waals surface area contributed by atoms with Crippen LogP contribution in [0.3, 0.4) is 0 Å². The Morgan fingerprint density at radius 3 is 2.41 bits per heavy atom. The second-order valence-electron chi connectivity index (χ2n) is 9.59. The highest BCUT2D eigenvalue weighted by atomic mass is 32.2. The number of hydrogen-bond donors (Lipinski definition) is 2. The van der Waals surface area contributed by atoms with Gasteiger partial charge in [-0.25, -0.2) is 13.1 Å². The summed E-state index contributed by atoms with van der Waals surface area (Å²) in [7, 11) is -3.82. The number of nitrogens with zero attached hydrogens (tertiary/aromatic N) is 5. The van der Waals surface area contributed by atoms with Crippen LogP contribution in [0.5, 0.6) is 0 Å². The quantitative estimate of drug-likeness (QED) is 0.462. The maximum Gasteiger partial charge on any atom is 0.264 e. The molecule has 0 amide bonds. The first kappa shape index (κ1) is 22.1. The molecule has 176 valence electrons. The highest BCUT2D eigenvalue weighted by Gasteiger charge is 2.35. The molecule has 0 radical (unpaired) electrons. The van der Waals surface area contributed by atoms with Gasteiger partial charge < -0.3 is 11.5 Å². The Morgan fingerprint density at radius 1 is 1.00 bits per heavy atom. The molecule has 1 unspecified atom stereocenters. The second-order valence-corrected chi connectivity index (χ2v) is 11.5. The number of hydrogen-bond acceptors (Lipinski definition) is 7. The fourth-order valence-electron chi connectivity index (χ4n) is 4.41. The van der Waals surface area contributed by atoms with Crippen molar-refractivity contribution in [3.63, 3.8) is 0 Å². The van der Waals surface area contributed by atoms with Crippen LogP contribution >= 0.6 is 0 Å². The first-order chi connectivity index (χ1) is 16.1. The Kier molecular flexibility index (Phi) is 5.01. The minimum absolute atomic E-state index is 0.0476. The number of rotatable bonds is 3. The summed E-state index contributed by atoms with van der Waals surface area (Å²) >= 11 is 0. The molecule has 34 heavy (non-hydrogen) atoms. The number of benzene rings is 2. The van der Waals surface area contributed by atoms with Crippen molar-refractivity contribution >= 4 is 38.5 Å². The number of sulfonamides is 1. The van der Waals surface area contributed by atoms with Gasteiger partial charge in [-0.3, -0.25) is 4.31 Å². The minimum atomic E-state index is -3.82. The van der Waals surface area contributed by atoms with Crippen LogP contribution in [0.25, 0.3) is 11.0 Å². The molecule has 1 aliphatic rings. The van der Waals surface area contributed by atoms with Gasteiger partial charge >= 0.3 is 0 Å². The molecule has 1 atom stereocenters. The van der Waals surface area contributed by atoms with Gasteiger partial charge in [-0.05, 0) is 41.2 Å². The fraction of sp³-hybridized carbons (Fsp3) is 0.292. The van der Waals surface area contributed by atoms with Crippen molar-refractivity contribution in [3.05, 3.63) is 65.9 Å². The molecule has 0 fully saturated rings. The molecule has 2 aromatic carbocycles. The number of nitrogen functional groups attached to an aromatic ring is 2. The third-order valence-electron chi connectivity index (χ3n) is 6.25. The molecule has 5 rings (SSSR count). The van der Waals surface area contributed by atoms with Gasteiger partial charge in [0.1, 0.15) is 5.82 Å². The molecule has 10 heteroatoms. The molecule has 0 saturated heterocycles. The van der Waals surface area contributed by atoms with Crippen molar-refractivity contribution < 1.29 is 8.42 Å². The molecule has 0 aliphatic carbocycles. The van der Waals surface area contributed by atoms with Crippen molar-refractivity contribution in [2.24, 2.45) is 0 Å². The van der Waals surface area contributed by atoms with Gasteiger partial charge in [0, 0.05) is 0 Å². The van der Waals surface area contributed by atoms with E-state index >= 15 is 0 Å². The summed E-state index contributed by atoms with van der Waals surface area (Å²) < 4.78 is 30.8. The molecule has 0 bridgehead atoms. The van der Waals surface area contributed by atoms with Crippen molar-refractivity contribution in [1.82, 2.24) is 19.7 Å². The molecular weight excluding hydrogens is 450 g/mol. The number of para-hydroxylation sites is 1. The summed E-state index contributed by atoms with van der Waals surface area (Å²) in [6, 6.07) is 14.4. The highest BCUT2D eigenvalue weighted by Crippen LogP contribution is 2.37. The first-order valence-corrected chi connectivity index (χ1v) is 12.5. The predicted molar refractivity (Wildman–Crippen MR) is 133 cm³/mol. The number of fused-ring (bicyclic) bond motifs is 2. The number of nitrogens with two attached hydrogens (primary N) is 2. The minimum Gasteiger partial charge on any atom is -0.383 e. The maximum absolute atomic E-state index is 13.8. The second kappa shape index (κ2) is 7.69. The lowest BCUT2D eigenvalue weighted by atomic mass is 9.87. The standard InChI is InChI=1S/C24H27N7O2S/c1-24(2,3)16-8-10-18(11-9-16)34(32,33)30-14-17(12-15-6-4-5-7-20(15)30)31-22-19(13-27-31)21(25)28-23(26)29-22/h4-11,13,17H,12,14H2,1-3H3,(H4,25,26,28,29). The zero-order chi connectivity index (χ0) is 24.3. The van der Waals surface area contributed by atoms with Crippen LogP contribution in [0.4, 0.5) is 17.5 Å². The molecule has 4 N–H and O–H groups in total. The highest BCUT2D eigenvalue weighted by molar-refractivity contribution is 7.92. The van der Waals surface area contributed by atoms with Crippen LogP contribution in [0, 0.1) is 0 Å². The summed E-state index contributed by atoms with van der Waals surface area (Å²) in [4.78, 5) is 8.57. The van der Waals surface area contributed by atoms with E-state index in [1.165, 1.54) is 4.31 Å². The van der Waals surface area contributed by atoms with Gasteiger partial charge in [-0.15, -0.1) is 0 Å². The van der Waals surface area contributed by atoms with E-state index in [2.05, 4.69) is 35.8 Å². The smallest absolute Gasteiger partial charge is 0.264 e. The van der Waals surface area contributed by atoms with Gasteiger partial charge in [-0.2, -0.15) is 15.1 Å². The van der Waals surface area contributed by atoms with Crippen molar-refractivity contribution in [2.45, 2.75) is 43.5 Å². The van der Waals surface area contributed by atoms with E-state index in [0.717, 1.165) is 11.1 Å². The normalized spacial score (nSPS) is 16.6. The average molecular weight is 478 g/mol. The SMILES string of the molecule is CC(C)(C)c1ccc(S(=O)(=O)N2CC(n3ncc4c(N)nc(N)nc43)Cc3ccccc32)cc1. The zero-order valence-corrected chi connectivity index (χ0v) is 20.1. The van der Waals surface area contributed by atoms with E-state index in [9.17, 15) is 8.42 Å². The molecule has 0 saturated carbocycles. The molecule has 9 nitrogen and oxygen atoms in total. The van der Waals surface area contributed by atoms with E-state index < -0.39 is 10.0 Å². The first-order valence-electron chi connectivity index (χ1n) is 11.0. The zero-order valence-electron chi connectivity index (χ0n) is 19.3. The summed E-state index contributed by atoms with van der Waals surface area (Å²) in [5, 5.41) is 5.06. The lowest BCUT2D eigenvalue weighted by Gasteiger charge is -2.35. The van der Waals surface area contributed by atoms with Crippen LogP contribution < -0.4 is 15.8 Å². The van der Waals surface area contributed by atoms with E-state index in [1.54, 1.807) is 23.0 Å². The molecular formula is C24H27N7O2S. The van der Waals surface area contributed by atoms with Gasteiger partial charge in [0.15, 0.2) is 5.65 Å².